The van der Waals surface area contributed by atoms with E-state index in [1.54, 1.807) is 0 Å². The zero-order valence-corrected chi connectivity index (χ0v) is 8.65. The molecule has 2 aliphatic rings. The minimum atomic E-state index is -0.202. The molecule has 2 heteroatoms. The van der Waals surface area contributed by atoms with Crippen LogP contribution in [-0.4, -0.2) is 22.9 Å². The van der Waals surface area contributed by atoms with Crippen LogP contribution < -0.4 is 0 Å². The second kappa shape index (κ2) is 4.03. The number of fused-ring (bicyclic) bond motifs is 1. The van der Waals surface area contributed by atoms with Crippen LogP contribution in [0.25, 0.3) is 0 Å². The Labute approximate surface area is 85.6 Å². The molecule has 0 aromatic heterocycles. The van der Waals surface area contributed by atoms with Gasteiger partial charge in [0.05, 0.1) is 6.10 Å². The first-order valence-electron chi connectivity index (χ1n) is 5.68. The summed E-state index contributed by atoms with van der Waals surface area (Å²) in [6.07, 6.45) is 4.99. The third-order valence-corrected chi connectivity index (χ3v) is 4.01. The van der Waals surface area contributed by atoms with Gasteiger partial charge in [0.2, 0.25) is 0 Å². The predicted molar refractivity (Wildman–Crippen MR) is 55.8 cm³/mol. The van der Waals surface area contributed by atoms with Gasteiger partial charge in [0, 0.05) is 6.61 Å². The highest BCUT2D eigenvalue weighted by Gasteiger charge is 2.39. The molecular formula is C12H20O2. The fraction of sp³-hybridized carbons (Fsp3) is 0.833. The molecular weight excluding hydrogens is 176 g/mol. The fourth-order valence-corrected chi connectivity index (χ4v) is 3.33. The molecule has 0 aromatic rings. The highest BCUT2D eigenvalue weighted by atomic mass is 16.3. The van der Waals surface area contributed by atoms with E-state index in [9.17, 15) is 10.2 Å². The smallest absolute Gasteiger partial charge is 0.0608 e. The zero-order chi connectivity index (χ0) is 10.1. The van der Waals surface area contributed by atoms with Gasteiger partial charge in [-0.25, -0.2) is 0 Å². The van der Waals surface area contributed by atoms with E-state index in [1.807, 2.05) is 0 Å². The van der Waals surface area contributed by atoms with Gasteiger partial charge in [-0.3, -0.25) is 0 Å². The summed E-state index contributed by atoms with van der Waals surface area (Å²) in [4.78, 5) is 0. The first-order valence-corrected chi connectivity index (χ1v) is 5.68. The predicted octanol–water partition coefficient (Wildman–Crippen LogP) is 1.72. The lowest BCUT2D eigenvalue weighted by molar-refractivity contribution is 0.0668. The van der Waals surface area contributed by atoms with Gasteiger partial charge in [-0.15, -0.1) is 0 Å². The van der Waals surface area contributed by atoms with Crippen LogP contribution in [0.3, 0.4) is 0 Å². The van der Waals surface area contributed by atoms with Crippen LogP contribution in [-0.2, 0) is 0 Å². The van der Waals surface area contributed by atoms with Crippen LogP contribution in [0.2, 0.25) is 0 Å². The highest BCUT2D eigenvalue weighted by molar-refractivity contribution is 5.05. The molecule has 4 unspecified atom stereocenters. The normalized spacial score (nSPS) is 43.4. The van der Waals surface area contributed by atoms with Gasteiger partial charge in [0.1, 0.15) is 0 Å². The summed E-state index contributed by atoms with van der Waals surface area (Å²) in [6.45, 7) is 4.24. The number of hydrogen-bond donors (Lipinski definition) is 2. The molecule has 0 bridgehead atoms. The summed E-state index contributed by atoms with van der Waals surface area (Å²) in [5.74, 6) is 1.31. The SMILES string of the molecule is C=C1CC(O)C2CCCC2C(CO)C1. The summed E-state index contributed by atoms with van der Waals surface area (Å²) in [5, 5.41) is 19.3. The molecule has 4 atom stereocenters. The molecule has 14 heavy (non-hydrogen) atoms. The van der Waals surface area contributed by atoms with Crippen molar-refractivity contribution in [1.82, 2.24) is 0 Å². The van der Waals surface area contributed by atoms with Crippen molar-refractivity contribution in [1.29, 1.82) is 0 Å². The molecule has 2 nitrogen and oxygen atoms in total. The second-order valence-corrected chi connectivity index (χ2v) is 4.93. The van der Waals surface area contributed by atoms with E-state index in [0.29, 0.717) is 17.8 Å². The Morgan fingerprint density at radius 2 is 1.93 bits per heavy atom. The number of hydrogen-bond acceptors (Lipinski definition) is 2. The van der Waals surface area contributed by atoms with E-state index >= 15 is 0 Å². The lowest BCUT2D eigenvalue weighted by Crippen LogP contribution is -2.27. The molecule has 2 N–H and O–H groups in total. The van der Waals surface area contributed by atoms with E-state index in [2.05, 4.69) is 6.58 Å². The lowest BCUT2D eigenvalue weighted by atomic mass is 9.82. The average Bonchev–Trinajstić information content (AvgIpc) is 2.58. The van der Waals surface area contributed by atoms with E-state index in [1.165, 1.54) is 12.8 Å². The van der Waals surface area contributed by atoms with Crippen molar-refractivity contribution in [2.75, 3.05) is 6.61 Å². The Balaban J connectivity index is 2.16. The Hall–Kier alpha value is -0.340. The quantitative estimate of drug-likeness (QED) is 0.627. The number of rotatable bonds is 1. The van der Waals surface area contributed by atoms with E-state index in [-0.39, 0.29) is 12.7 Å². The molecule has 0 amide bonds. The summed E-state index contributed by atoms with van der Waals surface area (Å²) in [5.41, 5.74) is 1.12. The second-order valence-electron chi connectivity index (χ2n) is 4.93. The van der Waals surface area contributed by atoms with E-state index < -0.39 is 0 Å². The highest BCUT2D eigenvalue weighted by Crippen LogP contribution is 2.44. The van der Waals surface area contributed by atoms with Crippen molar-refractivity contribution < 1.29 is 10.2 Å². The molecule has 2 saturated carbocycles. The average molecular weight is 196 g/mol. The van der Waals surface area contributed by atoms with Crippen molar-refractivity contribution in [3.63, 3.8) is 0 Å². The van der Waals surface area contributed by atoms with Gasteiger partial charge >= 0.3 is 0 Å². The van der Waals surface area contributed by atoms with Gasteiger partial charge in [0.25, 0.3) is 0 Å². The van der Waals surface area contributed by atoms with Crippen LogP contribution in [0, 0.1) is 17.8 Å². The molecule has 0 radical (unpaired) electrons. The van der Waals surface area contributed by atoms with Crippen molar-refractivity contribution in [2.24, 2.45) is 17.8 Å². The largest absolute Gasteiger partial charge is 0.396 e. The molecule has 0 aromatic carbocycles. The molecule has 0 spiro atoms. The first-order chi connectivity index (χ1) is 6.72. The Kier molecular flexibility index (Phi) is 2.93. The van der Waals surface area contributed by atoms with Gasteiger partial charge < -0.3 is 10.2 Å². The van der Waals surface area contributed by atoms with Crippen LogP contribution >= 0.6 is 0 Å². The van der Waals surface area contributed by atoms with Gasteiger partial charge in [0.15, 0.2) is 0 Å². The van der Waals surface area contributed by atoms with Crippen LogP contribution in [0.4, 0.5) is 0 Å². The minimum absolute atomic E-state index is 0.202. The Morgan fingerprint density at radius 1 is 1.21 bits per heavy atom. The Bertz CT molecular complexity index is 224. The third kappa shape index (κ3) is 1.73. The van der Waals surface area contributed by atoms with E-state index in [4.69, 9.17) is 0 Å². The van der Waals surface area contributed by atoms with Crippen LogP contribution in [0.5, 0.6) is 0 Å². The fourth-order valence-electron chi connectivity index (χ4n) is 3.33. The Morgan fingerprint density at radius 3 is 2.64 bits per heavy atom. The molecule has 2 fully saturated rings. The molecule has 80 valence electrons. The molecule has 0 aliphatic heterocycles. The van der Waals surface area contributed by atoms with Crippen molar-refractivity contribution in [2.45, 2.75) is 38.2 Å². The topological polar surface area (TPSA) is 40.5 Å². The van der Waals surface area contributed by atoms with Gasteiger partial charge in [-0.2, -0.15) is 0 Å². The van der Waals surface area contributed by atoms with Crippen molar-refractivity contribution >= 4 is 0 Å². The summed E-state index contributed by atoms with van der Waals surface area (Å²) >= 11 is 0. The molecule has 2 aliphatic carbocycles. The zero-order valence-electron chi connectivity index (χ0n) is 8.65. The number of aliphatic hydroxyl groups is 2. The molecule has 0 saturated heterocycles. The molecule has 0 heterocycles. The van der Waals surface area contributed by atoms with Gasteiger partial charge in [-0.05, 0) is 43.4 Å². The van der Waals surface area contributed by atoms with Crippen molar-refractivity contribution in [3.05, 3.63) is 12.2 Å². The standard InChI is InChI=1S/C12H20O2/c1-8-5-9(7-13)10-3-2-4-11(10)12(14)6-8/h9-14H,1-7H2. The summed E-state index contributed by atoms with van der Waals surface area (Å²) in [6, 6.07) is 0. The maximum Gasteiger partial charge on any atom is 0.0608 e. The maximum absolute atomic E-state index is 10.0. The van der Waals surface area contributed by atoms with Crippen molar-refractivity contribution in [3.8, 4) is 0 Å². The van der Waals surface area contributed by atoms with E-state index in [0.717, 1.165) is 24.8 Å². The van der Waals surface area contributed by atoms with Crippen LogP contribution in [0.1, 0.15) is 32.1 Å². The monoisotopic (exact) mass is 196 g/mol. The minimum Gasteiger partial charge on any atom is -0.396 e. The lowest BCUT2D eigenvalue weighted by Gasteiger charge is -2.26. The van der Waals surface area contributed by atoms with Crippen LogP contribution in [0.15, 0.2) is 12.2 Å². The third-order valence-electron chi connectivity index (χ3n) is 4.01. The summed E-state index contributed by atoms with van der Waals surface area (Å²) in [7, 11) is 0. The number of aliphatic hydroxyl groups excluding tert-OH is 2. The first kappa shape index (κ1) is 10.2. The molecule has 2 rings (SSSR count). The maximum atomic E-state index is 10.0. The summed E-state index contributed by atoms with van der Waals surface area (Å²) < 4.78 is 0. The van der Waals surface area contributed by atoms with Gasteiger partial charge in [-0.1, -0.05) is 18.6 Å².